The second kappa shape index (κ2) is 7.58. The standard InChI is InChI=1S/C15H30N2S2/c1-11(2)14-9-17(15(7-16-14)12(3)4)8-13-10-18-5-6-19-13/h11-16H,5-10H2,1-4H3. The second-order valence-corrected chi connectivity index (χ2v) is 9.15. The van der Waals surface area contributed by atoms with Crippen LogP contribution < -0.4 is 5.32 Å². The third kappa shape index (κ3) is 4.55. The first-order valence-corrected chi connectivity index (χ1v) is 9.95. The van der Waals surface area contributed by atoms with E-state index in [0.29, 0.717) is 6.04 Å². The zero-order valence-electron chi connectivity index (χ0n) is 12.9. The van der Waals surface area contributed by atoms with Gasteiger partial charge in [-0.2, -0.15) is 23.5 Å². The van der Waals surface area contributed by atoms with Gasteiger partial charge >= 0.3 is 0 Å². The summed E-state index contributed by atoms with van der Waals surface area (Å²) >= 11 is 4.34. The Balaban J connectivity index is 1.94. The van der Waals surface area contributed by atoms with E-state index < -0.39 is 0 Å². The monoisotopic (exact) mass is 302 g/mol. The number of thioether (sulfide) groups is 2. The number of hydrogen-bond donors (Lipinski definition) is 1. The first-order chi connectivity index (χ1) is 9.08. The molecule has 2 aliphatic heterocycles. The fourth-order valence-corrected chi connectivity index (χ4v) is 5.77. The van der Waals surface area contributed by atoms with Gasteiger partial charge in [0.25, 0.3) is 0 Å². The molecule has 0 aromatic carbocycles. The highest BCUT2D eigenvalue weighted by Gasteiger charge is 2.32. The Kier molecular flexibility index (Phi) is 6.38. The summed E-state index contributed by atoms with van der Waals surface area (Å²) in [5, 5.41) is 4.62. The van der Waals surface area contributed by atoms with Crippen molar-refractivity contribution in [2.24, 2.45) is 11.8 Å². The van der Waals surface area contributed by atoms with Crippen LogP contribution in [0.1, 0.15) is 27.7 Å². The van der Waals surface area contributed by atoms with Crippen molar-refractivity contribution in [3.63, 3.8) is 0 Å². The van der Waals surface area contributed by atoms with Crippen molar-refractivity contribution in [3.8, 4) is 0 Å². The minimum Gasteiger partial charge on any atom is -0.311 e. The average molecular weight is 303 g/mol. The van der Waals surface area contributed by atoms with Gasteiger partial charge in [0.15, 0.2) is 0 Å². The van der Waals surface area contributed by atoms with Gasteiger partial charge < -0.3 is 5.32 Å². The van der Waals surface area contributed by atoms with Crippen LogP contribution in [0.15, 0.2) is 0 Å². The molecular weight excluding hydrogens is 272 g/mol. The lowest BCUT2D eigenvalue weighted by Crippen LogP contribution is -2.60. The average Bonchev–Trinajstić information content (AvgIpc) is 2.39. The van der Waals surface area contributed by atoms with Crippen LogP contribution in [-0.2, 0) is 0 Å². The minimum absolute atomic E-state index is 0.677. The summed E-state index contributed by atoms with van der Waals surface area (Å²) in [4.78, 5) is 2.79. The van der Waals surface area contributed by atoms with E-state index in [-0.39, 0.29) is 0 Å². The minimum atomic E-state index is 0.677. The summed E-state index contributed by atoms with van der Waals surface area (Å²) in [6.07, 6.45) is 0. The smallest absolute Gasteiger partial charge is 0.0265 e. The summed E-state index contributed by atoms with van der Waals surface area (Å²) in [5.41, 5.74) is 0. The van der Waals surface area contributed by atoms with Gasteiger partial charge in [0.1, 0.15) is 0 Å². The van der Waals surface area contributed by atoms with Crippen molar-refractivity contribution >= 4 is 23.5 Å². The molecule has 0 spiro atoms. The van der Waals surface area contributed by atoms with E-state index in [1.165, 1.54) is 36.9 Å². The van der Waals surface area contributed by atoms with Crippen LogP contribution in [0.2, 0.25) is 0 Å². The van der Waals surface area contributed by atoms with E-state index in [1.807, 2.05) is 0 Å². The Morgan fingerprint density at radius 1 is 1.16 bits per heavy atom. The van der Waals surface area contributed by atoms with Crippen LogP contribution in [0.3, 0.4) is 0 Å². The summed E-state index contributed by atoms with van der Waals surface area (Å²) < 4.78 is 0. The highest BCUT2D eigenvalue weighted by molar-refractivity contribution is 8.06. The van der Waals surface area contributed by atoms with Gasteiger partial charge in [0.05, 0.1) is 0 Å². The molecule has 2 heterocycles. The van der Waals surface area contributed by atoms with E-state index in [1.54, 1.807) is 0 Å². The fourth-order valence-electron chi connectivity index (χ4n) is 3.07. The molecule has 0 aromatic heterocycles. The van der Waals surface area contributed by atoms with Crippen LogP contribution in [-0.4, -0.2) is 59.1 Å². The number of nitrogens with one attached hydrogen (secondary N) is 1. The third-order valence-electron chi connectivity index (χ3n) is 4.39. The zero-order chi connectivity index (χ0) is 13.8. The molecule has 3 atom stereocenters. The topological polar surface area (TPSA) is 15.3 Å². The number of piperazine rings is 1. The molecular formula is C15H30N2S2. The van der Waals surface area contributed by atoms with Gasteiger partial charge in [-0.15, -0.1) is 0 Å². The Hall–Kier alpha value is 0.620. The number of hydrogen-bond acceptors (Lipinski definition) is 4. The van der Waals surface area contributed by atoms with Crippen LogP contribution >= 0.6 is 23.5 Å². The molecule has 2 nitrogen and oxygen atoms in total. The molecule has 4 heteroatoms. The largest absolute Gasteiger partial charge is 0.311 e. The van der Waals surface area contributed by atoms with Crippen LogP contribution in [0.25, 0.3) is 0 Å². The highest BCUT2D eigenvalue weighted by Crippen LogP contribution is 2.27. The van der Waals surface area contributed by atoms with E-state index >= 15 is 0 Å². The molecule has 0 radical (unpaired) electrons. The van der Waals surface area contributed by atoms with E-state index in [2.05, 4.69) is 61.4 Å². The van der Waals surface area contributed by atoms with Gasteiger partial charge in [0.2, 0.25) is 0 Å². The molecule has 2 rings (SSSR count). The van der Waals surface area contributed by atoms with Crippen LogP contribution in [0.4, 0.5) is 0 Å². The second-order valence-electron chi connectivity index (χ2n) is 6.59. The third-order valence-corrected chi connectivity index (χ3v) is 7.21. The summed E-state index contributed by atoms with van der Waals surface area (Å²) in [5.74, 6) is 5.55. The highest BCUT2D eigenvalue weighted by atomic mass is 32.2. The first kappa shape index (κ1) is 16.0. The molecule has 0 aliphatic carbocycles. The van der Waals surface area contributed by atoms with Crippen molar-refractivity contribution in [1.82, 2.24) is 10.2 Å². The number of nitrogens with zero attached hydrogens (tertiary/aromatic N) is 1. The fraction of sp³-hybridized carbons (Fsp3) is 1.00. The molecule has 0 amide bonds. The molecule has 112 valence electrons. The van der Waals surface area contributed by atoms with Gasteiger partial charge in [-0.3, -0.25) is 4.90 Å². The SMILES string of the molecule is CC(C)C1CN(CC2CSCCS2)C(C(C)C)CN1. The molecule has 0 aromatic rings. The maximum absolute atomic E-state index is 3.76. The molecule has 0 bridgehead atoms. The van der Waals surface area contributed by atoms with Crippen molar-refractivity contribution in [1.29, 1.82) is 0 Å². The van der Waals surface area contributed by atoms with Crippen molar-refractivity contribution < 1.29 is 0 Å². The van der Waals surface area contributed by atoms with E-state index in [0.717, 1.165) is 23.1 Å². The molecule has 2 aliphatic rings. The lowest BCUT2D eigenvalue weighted by atomic mass is 9.94. The predicted octanol–water partition coefficient (Wildman–Crippen LogP) is 2.79. The lowest BCUT2D eigenvalue weighted by molar-refractivity contribution is 0.0869. The molecule has 3 unspecified atom stereocenters. The van der Waals surface area contributed by atoms with Crippen molar-refractivity contribution in [2.75, 3.05) is 36.9 Å². The van der Waals surface area contributed by atoms with Crippen molar-refractivity contribution in [3.05, 3.63) is 0 Å². The van der Waals surface area contributed by atoms with Gasteiger partial charge in [-0.25, -0.2) is 0 Å². The molecule has 2 fully saturated rings. The molecule has 1 N–H and O–H groups in total. The quantitative estimate of drug-likeness (QED) is 0.858. The Morgan fingerprint density at radius 3 is 2.53 bits per heavy atom. The molecule has 2 saturated heterocycles. The predicted molar refractivity (Wildman–Crippen MR) is 90.4 cm³/mol. The van der Waals surface area contributed by atoms with Crippen molar-refractivity contribution in [2.45, 2.75) is 45.0 Å². The molecule has 19 heavy (non-hydrogen) atoms. The van der Waals surface area contributed by atoms with Crippen LogP contribution in [0.5, 0.6) is 0 Å². The Bertz CT molecular complexity index is 265. The Labute approximate surface area is 127 Å². The molecule has 0 saturated carbocycles. The van der Waals surface area contributed by atoms with Gasteiger partial charge in [-0.05, 0) is 11.8 Å². The normalized spacial score (nSPS) is 34.1. The zero-order valence-corrected chi connectivity index (χ0v) is 14.5. The first-order valence-electron chi connectivity index (χ1n) is 7.74. The van der Waals surface area contributed by atoms with Gasteiger partial charge in [-0.1, -0.05) is 27.7 Å². The summed E-state index contributed by atoms with van der Waals surface area (Å²) in [6.45, 7) is 13.1. The summed E-state index contributed by atoms with van der Waals surface area (Å²) in [6, 6.07) is 1.40. The van der Waals surface area contributed by atoms with E-state index in [4.69, 9.17) is 0 Å². The maximum atomic E-state index is 3.76. The van der Waals surface area contributed by atoms with Crippen LogP contribution in [0, 0.1) is 11.8 Å². The summed E-state index contributed by atoms with van der Waals surface area (Å²) in [7, 11) is 0. The maximum Gasteiger partial charge on any atom is 0.0265 e. The lowest BCUT2D eigenvalue weighted by Gasteiger charge is -2.45. The van der Waals surface area contributed by atoms with E-state index in [9.17, 15) is 0 Å². The van der Waals surface area contributed by atoms with Gasteiger partial charge in [0, 0.05) is 54.2 Å². The Morgan fingerprint density at radius 2 is 1.95 bits per heavy atom. The number of rotatable bonds is 4.